The second kappa shape index (κ2) is 8.11. The molecule has 0 atom stereocenters. The van der Waals surface area contributed by atoms with Crippen molar-refractivity contribution in [3.8, 4) is 0 Å². The van der Waals surface area contributed by atoms with Crippen LogP contribution in [0.3, 0.4) is 0 Å². The van der Waals surface area contributed by atoms with Gasteiger partial charge in [-0.15, -0.1) is 0 Å². The number of rotatable bonds is 6. The molecule has 0 radical (unpaired) electrons. The van der Waals surface area contributed by atoms with E-state index in [-0.39, 0.29) is 23.9 Å². The number of carbonyl (C=O) groups excluding carboxylic acids is 2. The maximum Gasteiger partial charge on any atom is 0.235 e. The Morgan fingerprint density at radius 3 is 2.32 bits per heavy atom. The summed E-state index contributed by atoms with van der Waals surface area (Å²) in [6.07, 6.45) is 1.20. The molecule has 5 heteroatoms. The number of nitrogens with zero attached hydrogens (tertiary/aromatic N) is 1. The number of furan rings is 1. The van der Waals surface area contributed by atoms with Gasteiger partial charge < -0.3 is 9.32 Å². The minimum Gasteiger partial charge on any atom is -0.461 e. The average molecular weight is 445 g/mol. The lowest BCUT2D eigenvalue weighted by Gasteiger charge is -2.24. The molecule has 0 aliphatic rings. The van der Waals surface area contributed by atoms with Crippen LogP contribution < -0.4 is 4.90 Å². The number of anilines is 1. The summed E-state index contributed by atoms with van der Waals surface area (Å²) in [5.74, 6) is -0.371. The Hall–Kier alpha value is -2.41. The Kier molecular flexibility index (Phi) is 5.65. The highest BCUT2D eigenvalue weighted by Crippen LogP contribution is 2.25. The predicted molar refractivity (Wildman–Crippen MR) is 104 cm³/mol. The lowest BCUT2D eigenvalue weighted by Crippen LogP contribution is -2.32. The average Bonchev–Trinajstić information content (AvgIpc) is 3.16. The van der Waals surface area contributed by atoms with E-state index < -0.39 is 0 Å². The van der Waals surface area contributed by atoms with Gasteiger partial charge in [0.15, 0.2) is 5.76 Å². The van der Waals surface area contributed by atoms with Crippen molar-refractivity contribution >= 4 is 40.0 Å². The molecule has 0 aliphatic carbocycles. The largest absolute Gasteiger partial charge is 0.461 e. The molecule has 1 amide bonds. The van der Waals surface area contributed by atoms with Crippen molar-refractivity contribution < 1.29 is 14.0 Å². The van der Waals surface area contributed by atoms with Crippen molar-refractivity contribution in [2.75, 3.05) is 4.90 Å². The van der Waals surface area contributed by atoms with E-state index >= 15 is 0 Å². The third-order valence-corrected chi connectivity index (χ3v) is 4.65. The first kappa shape index (κ1) is 17.4. The van der Waals surface area contributed by atoms with E-state index in [2.05, 4.69) is 22.6 Å². The molecule has 4 nitrogen and oxygen atoms in total. The molecule has 0 aliphatic heterocycles. The van der Waals surface area contributed by atoms with Crippen molar-refractivity contribution in [3.63, 3.8) is 0 Å². The van der Waals surface area contributed by atoms with Crippen molar-refractivity contribution in [2.45, 2.75) is 13.0 Å². The van der Waals surface area contributed by atoms with Crippen molar-refractivity contribution in [2.24, 2.45) is 0 Å². The molecule has 0 fully saturated rings. The number of benzene rings is 2. The molecule has 1 heterocycles. The fourth-order valence-corrected chi connectivity index (χ4v) is 3.18. The van der Waals surface area contributed by atoms with Gasteiger partial charge in [0.2, 0.25) is 11.7 Å². The molecular formula is C20H16INO3. The van der Waals surface area contributed by atoms with Gasteiger partial charge in [0.25, 0.3) is 0 Å². The fourth-order valence-electron chi connectivity index (χ4n) is 2.50. The fraction of sp³-hybridized carbons (Fsp3) is 0.100. The van der Waals surface area contributed by atoms with Gasteiger partial charge in [0.1, 0.15) is 0 Å². The summed E-state index contributed by atoms with van der Waals surface area (Å²) >= 11 is 2.20. The van der Waals surface area contributed by atoms with Gasteiger partial charge in [0.05, 0.1) is 24.9 Å². The topological polar surface area (TPSA) is 50.5 Å². The van der Waals surface area contributed by atoms with Crippen LogP contribution in [0.25, 0.3) is 0 Å². The number of carbonyl (C=O) groups is 2. The molecule has 3 aromatic rings. The summed E-state index contributed by atoms with van der Waals surface area (Å²) in [6.45, 7) is 0.408. The monoisotopic (exact) mass is 445 g/mol. The zero-order chi connectivity index (χ0) is 17.6. The van der Waals surface area contributed by atoms with Gasteiger partial charge in [-0.05, 0) is 52.4 Å². The van der Waals surface area contributed by atoms with E-state index in [1.165, 1.54) is 6.26 Å². The van der Waals surface area contributed by atoms with Crippen molar-refractivity contribution in [3.05, 3.63) is 87.9 Å². The third kappa shape index (κ3) is 4.36. The Labute approximate surface area is 159 Å². The Morgan fingerprint density at radius 2 is 1.64 bits per heavy atom. The van der Waals surface area contributed by atoms with Gasteiger partial charge in [-0.2, -0.15) is 0 Å². The highest BCUT2D eigenvalue weighted by Gasteiger charge is 2.22. The first-order chi connectivity index (χ1) is 12.1. The quantitative estimate of drug-likeness (QED) is 0.314. The van der Waals surface area contributed by atoms with Gasteiger partial charge >= 0.3 is 0 Å². The minimum atomic E-state index is -0.320. The summed E-state index contributed by atoms with van der Waals surface area (Å²) in [5.41, 5.74) is 1.80. The second-order valence-corrected chi connectivity index (χ2v) is 6.66. The zero-order valence-corrected chi connectivity index (χ0v) is 15.5. The molecule has 0 saturated heterocycles. The first-order valence-electron chi connectivity index (χ1n) is 7.80. The summed E-state index contributed by atoms with van der Waals surface area (Å²) in [6, 6.07) is 20.6. The molecule has 0 bridgehead atoms. The van der Waals surface area contributed by atoms with E-state index in [0.717, 1.165) is 14.8 Å². The highest BCUT2D eigenvalue weighted by molar-refractivity contribution is 14.1. The van der Waals surface area contributed by atoms with Crippen LogP contribution in [0.15, 0.2) is 77.4 Å². The number of hydrogen-bond acceptors (Lipinski definition) is 3. The number of Topliss-reactive ketones (excluding diaryl/α,β-unsaturated/α-hetero) is 1. The molecule has 0 N–H and O–H groups in total. The van der Waals surface area contributed by atoms with E-state index in [1.54, 1.807) is 17.0 Å². The predicted octanol–water partition coefficient (Wildman–Crippen LogP) is 4.69. The number of amides is 1. The molecule has 3 rings (SSSR count). The van der Waals surface area contributed by atoms with Crippen LogP contribution in [0, 0.1) is 3.57 Å². The lowest BCUT2D eigenvalue weighted by molar-refractivity contribution is -0.117. The SMILES string of the molecule is O=C(CC(=O)N(Cc1ccccc1)c1ccccc1I)c1ccco1. The van der Waals surface area contributed by atoms with Gasteiger partial charge in [-0.25, -0.2) is 0 Å². The van der Waals surface area contributed by atoms with Crippen LogP contribution in [-0.2, 0) is 11.3 Å². The van der Waals surface area contributed by atoms with Crippen LogP contribution in [-0.4, -0.2) is 11.7 Å². The number of para-hydroxylation sites is 1. The molecule has 0 unspecified atom stereocenters. The Bertz CT molecular complexity index is 860. The van der Waals surface area contributed by atoms with Gasteiger partial charge in [-0.3, -0.25) is 9.59 Å². The Morgan fingerprint density at radius 1 is 0.920 bits per heavy atom. The number of ketones is 1. The Balaban J connectivity index is 1.86. The lowest BCUT2D eigenvalue weighted by atomic mass is 10.1. The van der Waals surface area contributed by atoms with Crippen LogP contribution in [0.4, 0.5) is 5.69 Å². The third-order valence-electron chi connectivity index (χ3n) is 3.74. The number of halogens is 1. The minimum absolute atomic E-state index is 0.204. The van der Waals surface area contributed by atoms with Gasteiger partial charge in [-0.1, -0.05) is 42.5 Å². The normalized spacial score (nSPS) is 10.4. The molecule has 126 valence electrons. The molecule has 0 saturated carbocycles. The second-order valence-electron chi connectivity index (χ2n) is 5.49. The molecule has 0 spiro atoms. The zero-order valence-electron chi connectivity index (χ0n) is 13.4. The van der Waals surface area contributed by atoms with E-state index in [1.807, 2.05) is 54.6 Å². The highest BCUT2D eigenvalue weighted by atomic mass is 127. The summed E-state index contributed by atoms with van der Waals surface area (Å²) < 4.78 is 6.06. The van der Waals surface area contributed by atoms with Gasteiger partial charge in [0, 0.05) is 3.57 Å². The summed E-state index contributed by atoms with van der Waals surface area (Å²) in [4.78, 5) is 26.8. The molecule has 1 aromatic heterocycles. The van der Waals surface area contributed by atoms with Crippen LogP contribution >= 0.6 is 22.6 Å². The van der Waals surface area contributed by atoms with Crippen LogP contribution in [0.5, 0.6) is 0 Å². The maximum atomic E-state index is 12.9. The maximum absolute atomic E-state index is 12.9. The smallest absolute Gasteiger partial charge is 0.235 e. The molecular weight excluding hydrogens is 429 g/mol. The van der Waals surface area contributed by atoms with E-state index in [4.69, 9.17) is 4.42 Å². The van der Waals surface area contributed by atoms with Crippen molar-refractivity contribution in [1.82, 2.24) is 0 Å². The number of hydrogen-bond donors (Lipinski definition) is 0. The molecule has 25 heavy (non-hydrogen) atoms. The first-order valence-corrected chi connectivity index (χ1v) is 8.88. The summed E-state index contributed by atoms with van der Waals surface area (Å²) in [7, 11) is 0. The van der Waals surface area contributed by atoms with E-state index in [0.29, 0.717) is 6.54 Å². The van der Waals surface area contributed by atoms with E-state index in [9.17, 15) is 9.59 Å². The molecule has 2 aromatic carbocycles. The van der Waals surface area contributed by atoms with Crippen LogP contribution in [0.2, 0.25) is 0 Å². The standard InChI is InChI=1S/C20H16INO3/c21-16-9-4-5-10-17(16)22(14-15-7-2-1-3-8-15)20(24)13-18(23)19-11-6-12-25-19/h1-12H,13-14H2. The van der Waals surface area contributed by atoms with Crippen molar-refractivity contribution in [1.29, 1.82) is 0 Å². The van der Waals surface area contributed by atoms with Crippen LogP contribution in [0.1, 0.15) is 22.5 Å². The summed E-state index contributed by atoms with van der Waals surface area (Å²) in [5, 5.41) is 0.